The van der Waals surface area contributed by atoms with Crippen LogP contribution in [0, 0.1) is 5.92 Å². The Balaban J connectivity index is 4.49. The fraction of sp³-hybridized carbons (Fsp3) is 0.875. The average Bonchev–Trinajstić information content (AvgIpc) is 2.71. The van der Waals surface area contributed by atoms with Gasteiger partial charge in [0.25, 0.3) is 0 Å². The second-order valence-corrected chi connectivity index (χ2v) is 10.1. The summed E-state index contributed by atoms with van der Waals surface area (Å²) >= 11 is 0. The standard InChI is InChI=1S/C24H48NO4P/c1-5-9-11-13-14-15-16-18-20-23(19-17-12-10-6-2)24(26)25-21-22-30(27,28-7-3)29-8-4/h18,20,23H,5-17,19,21-22H2,1-4H3,(H,25,26)/b20-18-. The van der Waals surface area contributed by atoms with E-state index in [9.17, 15) is 9.36 Å². The summed E-state index contributed by atoms with van der Waals surface area (Å²) in [5.41, 5.74) is 0. The summed E-state index contributed by atoms with van der Waals surface area (Å²) in [6.45, 7) is 9.02. The lowest BCUT2D eigenvalue weighted by molar-refractivity contribution is -0.123. The molecule has 0 rings (SSSR count). The number of unbranched alkanes of at least 4 members (excludes halogenated alkanes) is 9. The zero-order valence-corrected chi connectivity index (χ0v) is 21.0. The van der Waals surface area contributed by atoms with E-state index in [2.05, 4.69) is 31.3 Å². The first-order valence-electron chi connectivity index (χ1n) is 12.3. The molecular formula is C24H48NO4P. The minimum Gasteiger partial charge on any atom is -0.355 e. The van der Waals surface area contributed by atoms with Crippen LogP contribution in [0.1, 0.15) is 105 Å². The Labute approximate surface area is 186 Å². The SMILES string of the molecule is CCCCCCCC/C=C\C(CCCCCC)C(=O)NCCP(=O)(OCC)OCC. The second-order valence-electron chi connectivity index (χ2n) is 7.90. The van der Waals surface area contributed by atoms with Crippen LogP contribution in [0.3, 0.4) is 0 Å². The Morgan fingerprint density at radius 1 is 0.867 bits per heavy atom. The minimum atomic E-state index is -3.11. The van der Waals surface area contributed by atoms with Gasteiger partial charge in [-0.25, -0.2) is 0 Å². The van der Waals surface area contributed by atoms with Crippen LogP contribution >= 0.6 is 7.60 Å². The molecule has 0 fully saturated rings. The summed E-state index contributed by atoms with van der Waals surface area (Å²) in [6.07, 6.45) is 18.7. The Kier molecular flexibility index (Phi) is 19.8. The van der Waals surface area contributed by atoms with Crippen molar-refractivity contribution in [3.8, 4) is 0 Å². The van der Waals surface area contributed by atoms with Gasteiger partial charge >= 0.3 is 7.60 Å². The molecule has 0 aliphatic carbocycles. The van der Waals surface area contributed by atoms with Gasteiger partial charge < -0.3 is 14.4 Å². The Morgan fingerprint density at radius 3 is 2.03 bits per heavy atom. The molecule has 0 radical (unpaired) electrons. The van der Waals surface area contributed by atoms with Gasteiger partial charge in [-0.15, -0.1) is 0 Å². The van der Waals surface area contributed by atoms with Gasteiger partial charge in [0.05, 0.1) is 25.3 Å². The van der Waals surface area contributed by atoms with E-state index >= 15 is 0 Å². The summed E-state index contributed by atoms with van der Waals surface area (Å²) in [4.78, 5) is 12.7. The molecule has 5 nitrogen and oxygen atoms in total. The normalized spacial score (nSPS) is 13.1. The third kappa shape index (κ3) is 16.1. The Bertz CT molecular complexity index is 472. The predicted octanol–water partition coefficient (Wildman–Crippen LogP) is 7.26. The highest BCUT2D eigenvalue weighted by molar-refractivity contribution is 7.53. The Morgan fingerprint density at radius 2 is 1.43 bits per heavy atom. The van der Waals surface area contributed by atoms with E-state index in [4.69, 9.17) is 9.05 Å². The number of rotatable bonds is 21. The molecule has 0 saturated carbocycles. The molecule has 1 unspecified atom stereocenters. The van der Waals surface area contributed by atoms with Crippen molar-refractivity contribution in [2.75, 3.05) is 25.9 Å². The molecule has 1 atom stereocenters. The van der Waals surface area contributed by atoms with Crippen LogP contribution in [0.5, 0.6) is 0 Å². The van der Waals surface area contributed by atoms with Crippen LogP contribution in [-0.4, -0.2) is 31.8 Å². The maximum atomic E-state index is 12.7. The van der Waals surface area contributed by atoms with E-state index in [1.807, 2.05) is 0 Å². The number of hydrogen-bond donors (Lipinski definition) is 1. The number of amides is 1. The van der Waals surface area contributed by atoms with E-state index in [1.165, 1.54) is 51.4 Å². The van der Waals surface area contributed by atoms with Crippen molar-refractivity contribution < 1.29 is 18.4 Å². The third-order valence-corrected chi connectivity index (χ3v) is 7.21. The summed E-state index contributed by atoms with van der Waals surface area (Å²) < 4.78 is 23.1. The molecule has 178 valence electrons. The first-order chi connectivity index (χ1) is 14.5. The van der Waals surface area contributed by atoms with Crippen molar-refractivity contribution in [2.24, 2.45) is 5.92 Å². The van der Waals surface area contributed by atoms with E-state index < -0.39 is 7.60 Å². The van der Waals surface area contributed by atoms with Crippen LogP contribution in [0.2, 0.25) is 0 Å². The van der Waals surface area contributed by atoms with Gasteiger partial charge in [-0.2, -0.15) is 0 Å². The highest BCUT2D eigenvalue weighted by Gasteiger charge is 2.24. The van der Waals surface area contributed by atoms with E-state index in [0.29, 0.717) is 19.8 Å². The molecule has 1 N–H and O–H groups in total. The lowest BCUT2D eigenvalue weighted by atomic mass is 9.98. The number of carbonyl (C=O) groups excluding carboxylic acids is 1. The lowest BCUT2D eigenvalue weighted by Crippen LogP contribution is -2.32. The molecule has 1 amide bonds. The molecule has 0 aliphatic rings. The van der Waals surface area contributed by atoms with Gasteiger partial charge in [-0.1, -0.05) is 83.8 Å². The molecule has 0 heterocycles. The zero-order chi connectivity index (χ0) is 22.5. The highest BCUT2D eigenvalue weighted by Crippen LogP contribution is 2.47. The average molecular weight is 446 g/mol. The van der Waals surface area contributed by atoms with Crippen LogP contribution in [0.25, 0.3) is 0 Å². The number of carbonyl (C=O) groups is 1. The van der Waals surface area contributed by atoms with Gasteiger partial charge in [0.1, 0.15) is 0 Å². The van der Waals surface area contributed by atoms with E-state index in [1.54, 1.807) is 13.8 Å². The molecule has 0 saturated heterocycles. The Hall–Kier alpha value is -0.640. The second kappa shape index (κ2) is 20.3. The summed E-state index contributed by atoms with van der Waals surface area (Å²) in [5.74, 6) is -0.0919. The van der Waals surface area contributed by atoms with Gasteiger partial charge in [-0.3, -0.25) is 9.36 Å². The maximum absolute atomic E-state index is 12.7. The molecule has 0 aromatic rings. The summed E-state index contributed by atoms with van der Waals surface area (Å²) in [6, 6.07) is 0. The molecule has 0 spiro atoms. The molecule has 0 bridgehead atoms. The molecule has 0 aliphatic heterocycles. The maximum Gasteiger partial charge on any atom is 0.332 e. The summed E-state index contributed by atoms with van der Waals surface area (Å²) in [5, 5.41) is 2.95. The first-order valence-corrected chi connectivity index (χ1v) is 14.1. The van der Waals surface area contributed by atoms with Crippen LogP contribution in [0.15, 0.2) is 12.2 Å². The van der Waals surface area contributed by atoms with Crippen molar-refractivity contribution in [2.45, 2.75) is 105 Å². The molecule has 0 aromatic carbocycles. The first kappa shape index (κ1) is 29.4. The van der Waals surface area contributed by atoms with Gasteiger partial charge in [0.15, 0.2) is 0 Å². The molecular weight excluding hydrogens is 397 g/mol. The third-order valence-electron chi connectivity index (χ3n) is 5.13. The van der Waals surface area contributed by atoms with Gasteiger partial charge in [0, 0.05) is 6.54 Å². The molecule has 6 heteroatoms. The zero-order valence-electron chi connectivity index (χ0n) is 20.1. The molecule has 30 heavy (non-hydrogen) atoms. The lowest BCUT2D eigenvalue weighted by Gasteiger charge is -2.18. The predicted molar refractivity (Wildman–Crippen MR) is 128 cm³/mol. The van der Waals surface area contributed by atoms with Crippen molar-refractivity contribution in [1.29, 1.82) is 0 Å². The van der Waals surface area contributed by atoms with Crippen molar-refractivity contribution in [1.82, 2.24) is 5.32 Å². The minimum absolute atomic E-state index is 0.0187. The largest absolute Gasteiger partial charge is 0.355 e. The fourth-order valence-corrected chi connectivity index (χ4v) is 4.92. The van der Waals surface area contributed by atoms with Gasteiger partial charge in [0.2, 0.25) is 5.91 Å². The van der Waals surface area contributed by atoms with Crippen molar-refractivity contribution >= 4 is 13.5 Å². The summed E-state index contributed by atoms with van der Waals surface area (Å²) in [7, 11) is -3.11. The van der Waals surface area contributed by atoms with E-state index in [0.717, 1.165) is 25.7 Å². The number of nitrogens with one attached hydrogen (secondary N) is 1. The van der Waals surface area contributed by atoms with E-state index in [-0.39, 0.29) is 18.0 Å². The van der Waals surface area contributed by atoms with Crippen molar-refractivity contribution in [3.63, 3.8) is 0 Å². The molecule has 0 aromatic heterocycles. The van der Waals surface area contributed by atoms with Crippen LogP contribution in [0.4, 0.5) is 0 Å². The topological polar surface area (TPSA) is 64.6 Å². The highest BCUT2D eigenvalue weighted by atomic mass is 31.2. The van der Waals surface area contributed by atoms with Crippen LogP contribution < -0.4 is 5.32 Å². The number of allylic oxidation sites excluding steroid dienone is 1. The quantitative estimate of drug-likeness (QED) is 0.115. The fourth-order valence-electron chi connectivity index (χ4n) is 3.42. The van der Waals surface area contributed by atoms with Crippen LogP contribution in [-0.2, 0) is 18.4 Å². The monoisotopic (exact) mass is 445 g/mol. The number of hydrogen-bond acceptors (Lipinski definition) is 4. The smallest absolute Gasteiger partial charge is 0.332 e. The van der Waals surface area contributed by atoms with Gasteiger partial charge in [-0.05, 0) is 33.1 Å². The van der Waals surface area contributed by atoms with Crippen molar-refractivity contribution in [3.05, 3.63) is 12.2 Å².